The second kappa shape index (κ2) is 8.73. The lowest BCUT2D eigenvalue weighted by Crippen LogP contribution is -2.52. The first-order chi connectivity index (χ1) is 14.3. The molecule has 158 valence electrons. The second-order valence-electron chi connectivity index (χ2n) is 9.91. The SMILES string of the molecule is O=C(NC(C1CC1)C1CC1)[C@H]1CCCN(C2CCN(Cc3cccnc3)CC2)C1. The first-order valence-electron chi connectivity index (χ1n) is 11.9. The smallest absolute Gasteiger partial charge is 0.224 e. The molecule has 2 aliphatic carbocycles. The van der Waals surface area contributed by atoms with Crippen LogP contribution in [0.5, 0.6) is 0 Å². The van der Waals surface area contributed by atoms with Crippen LogP contribution in [0.3, 0.4) is 0 Å². The Morgan fingerprint density at radius 1 is 1.07 bits per heavy atom. The Balaban J connectivity index is 1.10. The molecular weight excluding hydrogens is 360 g/mol. The van der Waals surface area contributed by atoms with Crippen LogP contribution in [-0.4, -0.2) is 59.0 Å². The Bertz CT molecular complexity index is 667. The van der Waals surface area contributed by atoms with E-state index in [0.29, 0.717) is 18.0 Å². The van der Waals surface area contributed by atoms with Crippen molar-refractivity contribution in [3.8, 4) is 0 Å². The average molecular weight is 397 g/mol. The van der Waals surface area contributed by atoms with Gasteiger partial charge in [-0.25, -0.2) is 0 Å². The first-order valence-corrected chi connectivity index (χ1v) is 11.9. The van der Waals surface area contributed by atoms with Crippen molar-refractivity contribution in [1.82, 2.24) is 20.1 Å². The van der Waals surface area contributed by atoms with Gasteiger partial charge in [0.25, 0.3) is 0 Å². The number of pyridine rings is 1. The number of hydrogen-bond donors (Lipinski definition) is 1. The number of nitrogens with zero attached hydrogens (tertiary/aromatic N) is 3. The van der Waals surface area contributed by atoms with E-state index < -0.39 is 0 Å². The van der Waals surface area contributed by atoms with E-state index in [0.717, 1.165) is 44.4 Å². The quantitative estimate of drug-likeness (QED) is 0.770. The molecule has 0 spiro atoms. The molecule has 0 radical (unpaired) electrons. The summed E-state index contributed by atoms with van der Waals surface area (Å²) >= 11 is 0. The molecule has 5 heteroatoms. The number of rotatable bonds is 7. The lowest BCUT2D eigenvalue weighted by atomic mass is 9.92. The van der Waals surface area contributed by atoms with Crippen molar-refractivity contribution in [2.45, 2.75) is 70.0 Å². The van der Waals surface area contributed by atoms with E-state index >= 15 is 0 Å². The monoisotopic (exact) mass is 396 g/mol. The van der Waals surface area contributed by atoms with Gasteiger partial charge in [0.2, 0.25) is 5.91 Å². The summed E-state index contributed by atoms with van der Waals surface area (Å²) < 4.78 is 0. The van der Waals surface area contributed by atoms with E-state index in [1.54, 1.807) is 0 Å². The summed E-state index contributed by atoms with van der Waals surface area (Å²) in [5, 5.41) is 3.49. The van der Waals surface area contributed by atoms with E-state index in [2.05, 4.69) is 26.2 Å². The minimum absolute atomic E-state index is 0.206. The number of carbonyl (C=O) groups excluding carboxylic acids is 1. The third-order valence-electron chi connectivity index (χ3n) is 7.59. The van der Waals surface area contributed by atoms with Crippen LogP contribution >= 0.6 is 0 Å². The fraction of sp³-hybridized carbons (Fsp3) is 0.750. The highest BCUT2D eigenvalue weighted by Gasteiger charge is 2.43. The third kappa shape index (κ3) is 5.00. The van der Waals surface area contributed by atoms with Gasteiger partial charge < -0.3 is 5.32 Å². The first kappa shape index (κ1) is 19.5. The highest BCUT2D eigenvalue weighted by Crippen LogP contribution is 2.44. The van der Waals surface area contributed by atoms with Crippen LogP contribution in [0.2, 0.25) is 0 Å². The molecule has 1 N–H and O–H groups in total. The normalized spacial score (nSPS) is 27.3. The Kier molecular flexibility index (Phi) is 5.87. The number of hydrogen-bond acceptors (Lipinski definition) is 4. The number of amides is 1. The molecule has 5 rings (SSSR count). The van der Waals surface area contributed by atoms with Crippen molar-refractivity contribution < 1.29 is 4.79 Å². The van der Waals surface area contributed by atoms with Crippen LogP contribution in [0.15, 0.2) is 24.5 Å². The summed E-state index contributed by atoms with van der Waals surface area (Å²) in [6, 6.07) is 5.34. The standard InChI is InChI=1S/C24H36N4O/c29-24(26-23(19-5-6-19)20-7-8-20)21-4-2-12-28(17-21)22-9-13-27(14-10-22)16-18-3-1-11-25-15-18/h1,3,11,15,19-23H,2,4-10,12-14,16-17H2,(H,26,29)/t21-/m0/s1. The molecule has 0 bridgehead atoms. The molecular formula is C24H36N4O. The van der Waals surface area contributed by atoms with Gasteiger partial charge in [-0.3, -0.25) is 19.6 Å². The van der Waals surface area contributed by atoms with Crippen molar-refractivity contribution in [3.63, 3.8) is 0 Å². The molecule has 5 nitrogen and oxygen atoms in total. The number of aromatic nitrogens is 1. The lowest BCUT2D eigenvalue weighted by molar-refractivity contribution is -0.128. The van der Waals surface area contributed by atoms with Crippen molar-refractivity contribution in [1.29, 1.82) is 0 Å². The Morgan fingerprint density at radius 3 is 2.48 bits per heavy atom. The molecule has 4 aliphatic rings. The van der Waals surface area contributed by atoms with Gasteiger partial charge in [0.1, 0.15) is 0 Å². The summed E-state index contributed by atoms with van der Waals surface area (Å²) in [5.41, 5.74) is 1.31. The summed E-state index contributed by atoms with van der Waals surface area (Å²) in [5.74, 6) is 2.13. The predicted molar refractivity (Wildman–Crippen MR) is 114 cm³/mol. The molecule has 2 saturated carbocycles. The molecule has 1 amide bonds. The largest absolute Gasteiger partial charge is 0.353 e. The van der Waals surface area contributed by atoms with Gasteiger partial charge in [0.05, 0.1) is 5.92 Å². The molecule has 2 saturated heterocycles. The van der Waals surface area contributed by atoms with Gasteiger partial charge in [0.15, 0.2) is 0 Å². The fourth-order valence-electron chi connectivity index (χ4n) is 5.56. The number of nitrogens with one attached hydrogen (secondary N) is 1. The van der Waals surface area contributed by atoms with Gasteiger partial charge in [-0.05, 0) is 94.5 Å². The molecule has 1 atom stereocenters. The molecule has 1 aromatic heterocycles. The molecule has 3 heterocycles. The van der Waals surface area contributed by atoms with Gasteiger partial charge in [0, 0.05) is 37.6 Å². The van der Waals surface area contributed by atoms with E-state index in [4.69, 9.17) is 0 Å². The van der Waals surface area contributed by atoms with Gasteiger partial charge in [-0.15, -0.1) is 0 Å². The molecule has 2 aliphatic heterocycles. The zero-order valence-electron chi connectivity index (χ0n) is 17.6. The molecule has 1 aromatic rings. The summed E-state index contributed by atoms with van der Waals surface area (Å²) in [6.45, 7) is 5.46. The average Bonchev–Trinajstić information content (AvgIpc) is 3.67. The zero-order chi connectivity index (χ0) is 19.6. The van der Waals surface area contributed by atoms with Crippen molar-refractivity contribution >= 4 is 5.91 Å². The summed E-state index contributed by atoms with van der Waals surface area (Å²) in [6.07, 6.45) is 13.8. The van der Waals surface area contributed by atoms with Crippen molar-refractivity contribution in [2.24, 2.45) is 17.8 Å². The minimum atomic E-state index is 0.206. The van der Waals surface area contributed by atoms with Gasteiger partial charge in [-0.1, -0.05) is 6.07 Å². The van der Waals surface area contributed by atoms with Crippen molar-refractivity contribution in [2.75, 3.05) is 26.2 Å². The van der Waals surface area contributed by atoms with E-state index in [1.807, 2.05) is 18.5 Å². The Hall–Kier alpha value is -1.46. The maximum absolute atomic E-state index is 13.0. The molecule has 4 fully saturated rings. The number of likely N-dealkylation sites (tertiary alicyclic amines) is 2. The zero-order valence-corrected chi connectivity index (χ0v) is 17.6. The third-order valence-corrected chi connectivity index (χ3v) is 7.59. The van der Waals surface area contributed by atoms with Crippen LogP contribution in [0.1, 0.15) is 56.9 Å². The van der Waals surface area contributed by atoms with Crippen LogP contribution in [0, 0.1) is 17.8 Å². The van der Waals surface area contributed by atoms with E-state index in [-0.39, 0.29) is 5.92 Å². The fourth-order valence-corrected chi connectivity index (χ4v) is 5.56. The molecule has 0 aromatic carbocycles. The maximum Gasteiger partial charge on any atom is 0.224 e. The minimum Gasteiger partial charge on any atom is -0.353 e. The van der Waals surface area contributed by atoms with Crippen LogP contribution in [0.4, 0.5) is 0 Å². The Morgan fingerprint density at radius 2 is 1.83 bits per heavy atom. The predicted octanol–water partition coefficient (Wildman–Crippen LogP) is 3.06. The molecule has 29 heavy (non-hydrogen) atoms. The van der Waals surface area contributed by atoms with E-state index in [9.17, 15) is 4.79 Å². The van der Waals surface area contributed by atoms with E-state index in [1.165, 1.54) is 57.1 Å². The Labute approximate surface area is 175 Å². The number of piperidine rings is 2. The highest BCUT2D eigenvalue weighted by molar-refractivity contribution is 5.79. The number of carbonyl (C=O) groups is 1. The maximum atomic E-state index is 13.0. The lowest BCUT2D eigenvalue weighted by Gasteiger charge is -2.42. The van der Waals surface area contributed by atoms with Crippen molar-refractivity contribution in [3.05, 3.63) is 30.1 Å². The summed E-state index contributed by atoms with van der Waals surface area (Å²) in [7, 11) is 0. The van der Waals surface area contributed by atoms with Crippen LogP contribution in [0.25, 0.3) is 0 Å². The topological polar surface area (TPSA) is 48.5 Å². The van der Waals surface area contributed by atoms with Crippen LogP contribution < -0.4 is 5.32 Å². The van der Waals surface area contributed by atoms with Gasteiger partial charge >= 0.3 is 0 Å². The second-order valence-corrected chi connectivity index (χ2v) is 9.91. The highest BCUT2D eigenvalue weighted by atomic mass is 16.2. The van der Waals surface area contributed by atoms with Gasteiger partial charge in [-0.2, -0.15) is 0 Å². The van der Waals surface area contributed by atoms with Crippen LogP contribution in [-0.2, 0) is 11.3 Å². The molecule has 0 unspecified atom stereocenters. The summed E-state index contributed by atoms with van der Waals surface area (Å²) in [4.78, 5) is 22.4.